The first kappa shape index (κ1) is 23.4. The van der Waals surface area contributed by atoms with E-state index in [1.165, 1.54) is 23.1 Å². The number of rotatable bonds is 7. The topological polar surface area (TPSA) is 113 Å². The van der Waals surface area contributed by atoms with Crippen LogP contribution in [0.1, 0.15) is 43.9 Å². The first-order valence-corrected chi connectivity index (χ1v) is 11.7. The summed E-state index contributed by atoms with van der Waals surface area (Å²) in [6.07, 6.45) is 0. The molecule has 0 aliphatic heterocycles. The number of aryl methyl sites for hydroxylation is 2. The molecule has 8 nitrogen and oxygen atoms in total. The van der Waals surface area contributed by atoms with Crippen LogP contribution in [-0.4, -0.2) is 33.7 Å². The Kier molecular flexibility index (Phi) is 7.96. The van der Waals surface area contributed by atoms with Crippen molar-refractivity contribution in [3.63, 3.8) is 0 Å². The minimum Gasteiger partial charge on any atom is -0.340 e. The molecular weight excluding hydrogens is 446 g/mol. The molecule has 0 bridgehead atoms. The van der Waals surface area contributed by atoms with E-state index in [0.717, 1.165) is 17.0 Å². The fourth-order valence-corrected chi connectivity index (χ4v) is 4.23. The summed E-state index contributed by atoms with van der Waals surface area (Å²) < 4.78 is 0. The van der Waals surface area contributed by atoms with E-state index in [2.05, 4.69) is 26.1 Å². The molecule has 1 aromatic carbocycles. The summed E-state index contributed by atoms with van der Waals surface area (Å²) in [6, 6.07) is 11.6. The van der Waals surface area contributed by atoms with E-state index >= 15 is 0 Å². The molecule has 0 spiro atoms. The van der Waals surface area contributed by atoms with Gasteiger partial charge in [-0.15, -0.1) is 11.3 Å². The molecule has 32 heavy (non-hydrogen) atoms. The van der Waals surface area contributed by atoms with E-state index in [1.54, 1.807) is 36.6 Å². The van der Waals surface area contributed by atoms with Crippen LogP contribution < -0.4 is 16.2 Å². The van der Waals surface area contributed by atoms with Crippen LogP contribution >= 0.6 is 23.1 Å². The van der Waals surface area contributed by atoms with Crippen LogP contribution in [0.4, 0.5) is 0 Å². The first-order chi connectivity index (χ1) is 15.3. The zero-order valence-corrected chi connectivity index (χ0v) is 19.5. The molecule has 3 amide bonds. The van der Waals surface area contributed by atoms with Gasteiger partial charge in [0.2, 0.25) is 0 Å². The zero-order chi connectivity index (χ0) is 23.1. The predicted octanol–water partition coefficient (Wildman–Crippen LogP) is 3.03. The average molecular weight is 470 g/mol. The van der Waals surface area contributed by atoms with E-state index < -0.39 is 17.9 Å². The molecule has 0 saturated heterocycles. The summed E-state index contributed by atoms with van der Waals surface area (Å²) in [5.74, 6) is -0.645. The summed E-state index contributed by atoms with van der Waals surface area (Å²) in [5, 5.41) is 5.08. The maximum absolute atomic E-state index is 12.3. The van der Waals surface area contributed by atoms with E-state index in [0.29, 0.717) is 21.3 Å². The van der Waals surface area contributed by atoms with Gasteiger partial charge in [-0.05, 0) is 56.0 Å². The Morgan fingerprint density at radius 2 is 1.69 bits per heavy atom. The maximum atomic E-state index is 12.3. The van der Waals surface area contributed by atoms with Crippen LogP contribution in [0, 0.1) is 13.8 Å². The van der Waals surface area contributed by atoms with Crippen molar-refractivity contribution in [2.45, 2.75) is 37.7 Å². The van der Waals surface area contributed by atoms with Crippen molar-refractivity contribution < 1.29 is 14.4 Å². The highest BCUT2D eigenvalue weighted by molar-refractivity contribution is 7.98. The second-order valence-corrected chi connectivity index (χ2v) is 8.92. The molecule has 0 unspecified atom stereocenters. The van der Waals surface area contributed by atoms with Crippen LogP contribution in [0.3, 0.4) is 0 Å². The standard InChI is InChI=1S/C22H23N5O3S2/c1-13-11-14(2)24-22(23-13)32-12-16-6-8-17(9-7-16)20(29)27-26-19(28)15(3)25-21(30)18-5-4-10-31-18/h4-11,15H,12H2,1-3H3,(H,25,30)(H,26,28)(H,27,29)/t15-/m0/s1. The molecule has 10 heteroatoms. The highest BCUT2D eigenvalue weighted by Crippen LogP contribution is 2.20. The summed E-state index contributed by atoms with van der Waals surface area (Å²) in [5.41, 5.74) is 7.97. The molecule has 166 valence electrons. The lowest BCUT2D eigenvalue weighted by Gasteiger charge is -2.14. The lowest BCUT2D eigenvalue weighted by molar-refractivity contribution is -0.123. The molecule has 3 rings (SSSR count). The number of carbonyl (C=O) groups is 3. The molecule has 1 atom stereocenters. The quantitative estimate of drug-likeness (QED) is 0.279. The number of hydrazine groups is 1. The first-order valence-electron chi connectivity index (χ1n) is 9.80. The van der Waals surface area contributed by atoms with Crippen LogP contribution in [-0.2, 0) is 10.5 Å². The van der Waals surface area contributed by atoms with Gasteiger partial charge in [-0.1, -0.05) is 30.0 Å². The van der Waals surface area contributed by atoms with E-state index in [1.807, 2.05) is 32.0 Å². The normalized spacial score (nSPS) is 11.5. The van der Waals surface area contributed by atoms with Gasteiger partial charge in [0.15, 0.2) is 5.16 Å². The minimum absolute atomic E-state index is 0.339. The molecular formula is C22H23N5O3S2. The van der Waals surface area contributed by atoms with E-state index in [9.17, 15) is 14.4 Å². The predicted molar refractivity (Wildman–Crippen MR) is 124 cm³/mol. The van der Waals surface area contributed by atoms with Gasteiger partial charge in [-0.2, -0.15) is 0 Å². The van der Waals surface area contributed by atoms with Crippen molar-refractivity contribution in [1.82, 2.24) is 26.1 Å². The SMILES string of the molecule is Cc1cc(C)nc(SCc2ccc(C(=O)NNC(=O)[C@H](C)NC(=O)c3cccs3)cc2)n1. The molecule has 3 N–H and O–H groups in total. The van der Waals surface area contributed by atoms with Gasteiger partial charge in [0.25, 0.3) is 17.7 Å². The number of aromatic nitrogens is 2. The third-order valence-electron chi connectivity index (χ3n) is 4.33. The average Bonchev–Trinajstić information content (AvgIpc) is 3.30. The Labute approximate surface area is 194 Å². The Balaban J connectivity index is 1.46. The lowest BCUT2D eigenvalue weighted by atomic mass is 10.1. The van der Waals surface area contributed by atoms with Crippen molar-refractivity contribution in [2.75, 3.05) is 0 Å². The number of nitrogens with one attached hydrogen (secondary N) is 3. The van der Waals surface area contributed by atoms with Crippen LogP contribution in [0.15, 0.2) is 53.0 Å². The van der Waals surface area contributed by atoms with E-state index in [4.69, 9.17) is 0 Å². The van der Waals surface area contributed by atoms with Gasteiger partial charge >= 0.3 is 0 Å². The number of carbonyl (C=O) groups excluding carboxylic acids is 3. The van der Waals surface area contributed by atoms with E-state index in [-0.39, 0.29) is 5.91 Å². The van der Waals surface area contributed by atoms with Gasteiger partial charge < -0.3 is 5.32 Å². The smallest absolute Gasteiger partial charge is 0.269 e. The third-order valence-corrected chi connectivity index (χ3v) is 6.12. The number of hydrogen-bond donors (Lipinski definition) is 3. The minimum atomic E-state index is -0.809. The lowest BCUT2D eigenvalue weighted by Crippen LogP contribution is -2.51. The van der Waals surface area contributed by atoms with Crippen molar-refractivity contribution in [1.29, 1.82) is 0 Å². The number of nitrogens with zero attached hydrogens (tertiary/aromatic N) is 2. The van der Waals surface area contributed by atoms with Crippen molar-refractivity contribution in [3.8, 4) is 0 Å². The summed E-state index contributed by atoms with van der Waals surface area (Å²) in [7, 11) is 0. The number of thioether (sulfide) groups is 1. The van der Waals surface area contributed by atoms with Gasteiger partial charge in [0.05, 0.1) is 4.88 Å². The molecule has 0 radical (unpaired) electrons. The van der Waals surface area contributed by atoms with Crippen molar-refractivity contribution >= 4 is 40.8 Å². The van der Waals surface area contributed by atoms with Gasteiger partial charge in [0, 0.05) is 22.7 Å². The van der Waals surface area contributed by atoms with Crippen molar-refractivity contribution in [3.05, 3.63) is 75.2 Å². The monoisotopic (exact) mass is 469 g/mol. The van der Waals surface area contributed by atoms with Gasteiger partial charge in [-0.25, -0.2) is 9.97 Å². The fraction of sp³-hybridized carbons (Fsp3) is 0.227. The van der Waals surface area contributed by atoms with Crippen LogP contribution in [0.25, 0.3) is 0 Å². The second kappa shape index (κ2) is 10.9. The highest BCUT2D eigenvalue weighted by Gasteiger charge is 2.18. The summed E-state index contributed by atoms with van der Waals surface area (Å²) in [6.45, 7) is 5.41. The molecule has 0 saturated carbocycles. The largest absolute Gasteiger partial charge is 0.340 e. The third kappa shape index (κ3) is 6.63. The van der Waals surface area contributed by atoms with Gasteiger partial charge in [-0.3, -0.25) is 25.2 Å². The highest BCUT2D eigenvalue weighted by atomic mass is 32.2. The molecule has 2 aromatic heterocycles. The Morgan fingerprint density at radius 1 is 1.00 bits per heavy atom. The second-order valence-electron chi connectivity index (χ2n) is 7.03. The molecule has 0 aliphatic rings. The van der Waals surface area contributed by atoms with Crippen LogP contribution in [0.5, 0.6) is 0 Å². The number of hydrogen-bond acceptors (Lipinski definition) is 7. The molecule has 0 fully saturated rings. The number of thiophene rings is 1. The molecule has 2 heterocycles. The molecule has 0 aliphatic carbocycles. The Hall–Kier alpha value is -3.24. The maximum Gasteiger partial charge on any atom is 0.269 e. The Bertz CT molecular complexity index is 1080. The number of benzene rings is 1. The molecule has 3 aromatic rings. The summed E-state index contributed by atoms with van der Waals surface area (Å²) in [4.78, 5) is 45.8. The zero-order valence-electron chi connectivity index (χ0n) is 17.8. The van der Waals surface area contributed by atoms with Crippen molar-refractivity contribution in [2.24, 2.45) is 0 Å². The number of amides is 3. The summed E-state index contributed by atoms with van der Waals surface area (Å²) >= 11 is 2.81. The van der Waals surface area contributed by atoms with Gasteiger partial charge in [0.1, 0.15) is 6.04 Å². The van der Waals surface area contributed by atoms with Crippen LogP contribution in [0.2, 0.25) is 0 Å². The fourth-order valence-electron chi connectivity index (χ4n) is 2.70. The Morgan fingerprint density at radius 3 is 2.31 bits per heavy atom.